The van der Waals surface area contributed by atoms with Crippen molar-refractivity contribution in [3.05, 3.63) is 23.8 Å². The minimum Gasteiger partial charge on any atom is -0.448 e. The number of nitrogens with zero attached hydrogens (tertiary/aromatic N) is 1. The number of aliphatic imine (C=N–C) groups is 1. The van der Waals surface area contributed by atoms with Gasteiger partial charge in [-0.15, -0.1) is 0 Å². The number of benzene rings is 1. The molecule has 0 amide bonds. The van der Waals surface area contributed by atoms with E-state index in [1.165, 1.54) is 6.08 Å². The van der Waals surface area contributed by atoms with Crippen LogP contribution in [0.15, 0.2) is 23.2 Å². The molecule has 0 bridgehead atoms. The van der Waals surface area contributed by atoms with E-state index in [9.17, 15) is 4.79 Å². The summed E-state index contributed by atoms with van der Waals surface area (Å²) >= 11 is 0. The van der Waals surface area contributed by atoms with E-state index in [4.69, 9.17) is 9.47 Å². The summed E-state index contributed by atoms with van der Waals surface area (Å²) in [6.45, 7) is 0.340. The van der Waals surface area contributed by atoms with Crippen molar-refractivity contribution in [2.45, 2.75) is 38.0 Å². The number of hydrogen-bond donors (Lipinski definition) is 0. The molecule has 88 valence electrons. The summed E-state index contributed by atoms with van der Waals surface area (Å²) in [5.74, 6) is 1.14. The summed E-state index contributed by atoms with van der Waals surface area (Å²) in [5, 5.41) is 0. The normalized spacial score (nSPS) is 19.3. The van der Waals surface area contributed by atoms with Crippen LogP contribution in [0, 0.1) is 0 Å². The Balaban J connectivity index is 1.85. The fourth-order valence-corrected chi connectivity index (χ4v) is 2.48. The molecule has 4 heteroatoms. The maximum Gasteiger partial charge on any atom is 0.251 e. The molecule has 0 unspecified atom stereocenters. The standard InChI is InChI=1S/C13H13NO3/c15-9-14-8-10-3-4-11-12(7-10)17-13(16-11)5-1-2-6-13/h3-4,7H,1-2,5-6,8H2. The smallest absolute Gasteiger partial charge is 0.251 e. The van der Waals surface area contributed by atoms with Gasteiger partial charge in [0.2, 0.25) is 6.08 Å². The Bertz CT molecular complexity index is 485. The molecule has 0 atom stereocenters. The molecule has 2 aliphatic rings. The molecular formula is C13H13NO3. The van der Waals surface area contributed by atoms with Gasteiger partial charge in [-0.25, -0.2) is 9.79 Å². The minimum absolute atomic E-state index is 0.340. The molecule has 0 N–H and O–H groups in total. The first-order valence-electron chi connectivity index (χ1n) is 5.86. The summed E-state index contributed by atoms with van der Waals surface area (Å²) in [4.78, 5) is 13.6. The van der Waals surface area contributed by atoms with Crippen molar-refractivity contribution in [3.63, 3.8) is 0 Å². The Kier molecular flexibility index (Phi) is 2.37. The second-order valence-electron chi connectivity index (χ2n) is 4.51. The molecule has 3 rings (SSSR count). The molecule has 0 aromatic heterocycles. The number of ether oxygens (including phenoxy) is 2. The Labute approximate surface area is 99.3 Å². The van der Waals surface area contributed by atoms with Gasteiger partial charge in [-0.3, -0.25) is 0 Å². The van der Waals surface area contributed by atoms with Gasteiger partial charge in [0.05, 0.1) is 6.54 Å². The fraction of sp³-hybridized carbons (Fsp3) is 0.462. The highest BCUT2D eigenvalue weighted by Crippen LogP contribution is 2.46. The summed E-state index contributed by atoms with van der Waals surface area (Å²) in [7, 11) is 0. The van der Waals surface area contributed by atoms with Crippen molar-refractivity contribution >= 4 is 6.08 Å². The van der Waals surface area contributed by atoms with Gasteiger partial charge in [0.15, 0.2) is 11.5 Å². The predicted octanol–water partition coefficient (Wildman–Crippen LogP) is 2.56. The quantitative estimate of drug-likeness (QED) is 0.580. The summed E-state index contributed by atoms with van der Waals surface area (Å²) in [6, 6.07) is 5.68. The van der Waals surface area contributed by atoms with E-state index in [1.54, 1.807) is 0 Å². The van der Waals surface area contributed by atoms with Crippen molar-refractivity contribution in [3.8, 4) is 11.5 Å². The van der Waals surface area contributed by atoms with Gasteiger partial charge in [-0.05, 0) is 30.5 Å². The van der Waals surface area contributed by atoms with Crippen LogP contribution in [0.5, 0.6) is 11.5 Å². The first-order chi connectivity index (χ1) is 8.31. The lowest BCUT2D eigenvalue weighted by atomic mass is 10.2. The topological polar surface area (TPSA) is 47.9 Å². The van der Waals surface area contributed by atoms with Crippen molar-refractivity contribution < 1.29 is 14.3 Å². The van der Waals surface area contributed by atoms with Crippen LogP contribution in [0.3, 0.4) is 0 Å². The molecule has 1 aliphatic heterocycles. The Morgan fingerprint density at radius 1 is 1.24 bits per heavy atom. The second-order valence-corrected chi connectivity index (χ2v) is 4.51. The molecule has 1 aromatic rings. The van der Waals surface area contributed by atoms with Crippen molar-refractivity contribution in [2.24, 2.45) is 4.99 Å². The van der Waals surface area contributed by atoms with Crippen molar-refractivity contribution in [1.82, 2.24) is 0 Å². The molecular weight excluding hydrogens is 218 g/mol. The van der Waals surface area contributed by atoms with Crippen LogP contribution in [-0.2, 0) is 11.3 Å². The number of isocyanates is 1. The maximum absolute atomic E-state index is 10.1. The van der Waals surface area contributed by atoms with Gasteiger partial charge < -0.3 is 9.47 Å². The summed E-state index contributed by atoms with van der Waals surface area (Å²) < 4.78 is 11.8. The minimum atomic E-state index is -0.422. The van der Waals surface area contributed by atoms with E-state index in [-0.39, 0.29) is 0 Å². The summed E-state index contributed by atoms with van der Waals surface area (Å²) in [6.07, 6.45) is 5.73. The van der Waals surface area contributed by atoms with E-state index in [1.807, 2.05) is 18.2 Å². The van der Waals surface area contributed by atoms with Gasteiger partial charge in [0.1, 0.15) is 0 Å². The van der Waals surface area contributed by atoms with Gasteiger partial charge in [-0.2, -0.15) is 0 Å². The van der Waals surface area contributed by atoms with E-state index in [0.29, 0.717) is 6.54 Å². The molecule has 1 fully saturated rings. The lowest BCUT2D eigenvalue weighted by molar-refractivity contribution is -0.0716. The van der Waals surface area contributed by atoms with Crippen LogP contribution in [0.2, 0.25) is 0 Å². The van der Waals surface area contributed by atoms with E-state index in [0.717, 1.165) is 42.7 Å². The van der Waals surface area contributed by atoms with Gasteiger partial charge >= 0.3 is 0 Å². The van der Waals surface area contributed by atoms with Gasteiger partial charge in [0.25, 0.3) is 5.79 Å². The molecule has 1 aromatic carbocycles. The van der Waals surface area contributed by atoms with Crippen molar-refractivity contribution in [1.29, 1.82) is 0 Å². The average molecular weight is 231 g/mol. The molecule has 1 heterocycles. The summed E-state index contributed by atoms with van der Waals surface area (Å²) in [5.41, 5.74) is 0.936. The molecule has 17 heavy (non-hydrogen) atoms. The Morgan fingerprint density at radius 2 is 2.00 bits per heavy atom. The Morgan fingerprint density at radius 3 is 2.76 bits per heavy atom. The van der Waals surface area contributed by atoms with Gasteiger partial charge in [-0.1, -0.05) is 6.07 Å². The zero-order chi connectivity index (χ0) is 11.7. The first-order valence-corrected chi connectivity index (χ1v) is 5.86. The molecule has 1 aliphatic carbocycles. The lowest BCUT2D eigenvalue weighted by Gasteiger charge is -2.21. The zero-order valence-electron chi connectivity index (χ0n) is 9.44. The molecule has 0 radical (unpaired) electrons. The average Bonchev–Trinajstić information content (AvgIpc) is 2.92. The number of rotatable bonds is 2. The van der Waals surface area contributed by atoms with Crippen LogP contribution >= 0.6 is 0 Å². The van der Waals surface area contributed by atoms with Crippen LogP contribution < -0.4 is 9.47 Å². The van der Waals surface area contributed by atoms with Crippen LogP contribution in [0.4, 0.5) is 0 Å². The number of hydrogen-bond acceptors (Lipinski definition) is 4. The monoisotopic (exact) mass is 231 g/mol. The number of fused-ring (bicyclic) bond motifs is 1. The highest BCUT2D eigenvalue weighted by molar-refractivity contribution is 5.46. The third kappa shape index (κ3) is 1.81. The second kappa shape index (κ2) is 3.90. The third-order valence-corrected chi connectivity index (χ3v) is 3.29. The van der Waals surface area contributed by atoms with Crippen LogP contribution in [0.1, 0.15) is 31.2 Å². The highest BCUT2D eigenvalue weighted by atomic mass is 16.7. The molecule has 0 saturated heterocycles. The largest absolute Gasteiger partial charge is 0.448 e. The van der Waals surface area contributed by atoms with Gasteiger partial charge in [0, 0.05) is 12.8 Å². The Hall–Kier alpha value is -1.80. The van der Waals surface area contributed by atoms with Crippen LogP contribution in [-0.4, -0.2) is 11.9 Å². The number of carbonyl (C=O) groups excluding carboxylic acids is 1. The van der Waals surface area contributed by atoms with E-state index >= 15 is 0 Å². The van der Waals surface area contributed by atoms with E-state index in [2.05, 4.69) is 4.99 Å². The lowest BCUT2D eigenvalue weighted by Crippen LogP contribution is -2.34. The first kappa shape index (κ1) is 10.4. The molecule has 1 saturated carbocycles. The maximum atomic E-state index is 10.1. The highest BCUT2D eigenvalue weighted by Gasteiger charge is 2.43. The molecule has 4 nitrogen and oxygen atoms in total. The molecule has 1 spiro atoms. The van der Waals surface area contributed by atoms with Crippen molar-refractivity contribution in [2.75, 3.05) is 0 Å². The zero-order valence-corrected chi connectivity index (χ0v) is 9.44. The third-order valence-electron chi connectivity index (χ3n) is 3.29. The van der Waals surface area contributed by atoms with Crippen LogP contribution in [0.25, 0.3) is 0 Å². The fourth-order valence-electron chi connectivity index (χ4n) is 2.48. The SMILES string of the molecule is O=C=NCc1ccc2c(c1)OC1(CCCC1)O2. The predicted molar refractivity (Wildman–Crippen MR) is 60.7 cm³/mol. The van der Waals surface area contributed by atoms with E-state index < -0.39 is 5.79 Å².